The number of hydrogen-bond donors (Lipinski definition) is 1. The molecule has 0 aliphatic carbocycles. The largest absolute Gasteiger partial charge is 0.467 e. The van der Waals surface area contributed by atoms with E-state index >= 15 is 0 Å². The minimum atomic E-state index is -0.225. The maximum Gasteiger partial charge on any atom is 0.237 e. The average molecular weight is 439 g/mol. The molecule has 4 heterocycles. The van der Waals surface area contributed by atoms with Crippen molar-refractivity contribution in [2.24, 2.45) is 0 Å². The lowest BCUT2D eigenvalue weighted by atomic mass is 9.92. The maximum atomic E-state index is 12.4. The number of aromatic nitrogens is 5. The monoisotopic (exact) mass is 438 g/mol. The van der Waals surface area contributed by atoms with E-state index in [1.165, 1.54) is 11.8 Å². The van der Waals surface area contributed by atoms with Crippen LogP contribution >= 0.6 is 11.8 Å². The SMILES string of the molecule is CC(C)(C)c1cc(NC(=O)CSc2nnc(-c3cccnc3)n2Cc2ccco2)on1. The summed E-state index contributed by atoms with van der Waals surface area (Å²) in [5.74, 6) is 1.64. The number of nitrogens with zero attached hydrogens (tertiary/aromatic N) is 5. The lowest BCUT2D eigenvalue weighted by molar-refractivity contribution is -0.113. The van der Waals surface area contributed by atoms with E-state index in [2.05, 4.69) is 25.7 Å². The summed E-state index contributed by atoms with van der Waals surface area (Å²) in [6.45, 7) is 6.51. The van der Waals surface area contributed by atoms with Crippen LogP contribution in [0.2, 0.25) is 0 Å². The van der Waals surface area contributed by atoms with Crippen molar-refractivity contribution in [3.05, 3.63) is 60.4 Å². The molecule has 160 valence electrons. The fraction of sp³-hybridized carbons (Fsp3) is 0.286. The van der Waals surface area contributed by atoms with Crippen LogP contribution in [-0.4, -0.2) is 36.6 Å². The number of nitrogens with one attached hydrogen (secondary N) is 1. The molecule has 4 aromatic heterocycles. The summed E-state index contributed by atoms with van der Waals surface area (Å²) < 4.78 is 12.6. The molecule has 0 aromatic carbocycles. The summed E-state index contributed by atoms with van der Waals surface area (Å²) in [6, 6.07) is 9.19. The van der Waals surface area contributed by atoms with Crippen LogP contribution in [0.4, 0.5) is 5.88 Å². The second-order valence-electron chi connectivity index (χ2n) is 7.88. The van der Waals surface area contributed by atoms with Gasteiger partial charge >= 0.3 is 0 Å². The molecule has 4 rings (SSSR count). The number of pyridine rings is 1. The first-order chi connectivity index (χ1) is 14.9. The number of carbonyl (C=O) groups is 1. The van der Waals surface area contributed by atoms with Crippen LogP contribution in [0.15, 0.2) is 63.1 Å². The molecular weight excluding hydrogens is 416 g/mol. The van der Waals surface area contributed by atoms with Crippen molar-refractivity contribution in [2.75, 3.05) is 11.1 Å². The van der Waals surface area contributed by atoms with E-state index in [-0.39, 0.29) is 17.1 Å². The Kier molecular flexibility index (Phi) is 5.90. The molecular formula is C21H22N6O3S. The summed E-state index contributed by atoms with van der Waals surface area (Å²) in [6.07, 6.45) is 5.04. The Morgan fingerprint density at radius 3 is 2.77 bits per heavy atom. The van der Waals surface area contributed by atoms with E-state index in [0.717, 1.165) is 17.0 Å². The molecule has 31 heavy (non-hydrogen) atoms. The van der Waals surface area contributed by atoms with Gasteiger partial charge in [-0.15, -0.1) is 10.2 Å². The third-order valence-electron chi connectivity index (χ3n) is 4.40. The predicted molar refractivity (Wildman–Crippen MR) is 116 cm³/mol. The lowest BCUT2D eigenvalue weighted by Gasteiger charge is -2.12. The summed E-state index contributed by atoms with van der Waals surface area (Å²) in [5, 5.41) is 15.9. The smallest absolute Gasteiger partial charge is 0.237 e. The fourth-order valence-corrected chi connectivity index (χ4v) is 3.53. The molecule has 0 radical (unpaired) electrons. The number of carbonyl (C=O) groups excluding carboxylic acids is 1. The topological polar surface area (TPSA) is 112 Å². The van der Waals surface area contributed by atoms with Crippen molar-refractivity contribution < 1.29 is 13.7 Å². The molecule has 0 fully saturated rings. The Morgan fingerprint density at radius 1 is 1.23 bits per heavy atom. The standard InChI is InChI=1S/C21H22N6O3S/c1-21(2,3)16-10-18(30-26-16)23-17(28)13-31-20-25-24-19(14-6-4-8-22-11-14)27(20)12-15-7-5-9-29-15/h4-11H,12-13H2,1-3H3,(H,23,28). The Morgan fingerprint density at radius 2 is 2.10 bits per heavy atom. The molecule has 0 spiro atoms. The van der Waals surface area contributed by atoms with Crippen LogP contribution in [0.1, 0.15) is 32.2 Å². The Balaban J connectivity index is 1.48. The number of thioether (sulfide) groups is 1. The summed E-state index contributed by atoms with van der Waals surface area (Å²) in [5.41, 5.74) is 1.44. The zero-order valence-electron chi connectivity index (χ0n) is 17.4. The van der Waals surface area contributed by atoms with Crippen molar-refractivity contribution >= 4 is 23.6 Å². The molecule has 4 aromatic rings. The normalized spacial score (nSPS) is 11.6. The number of anilines is 1. The van der Waals surface area contributed by atoms with E-state index in [9.17, 15) is 4.79 Å². The van der Waals surface area contributed by atoms with Crippen LogP contribution in [0.3, 0.4) is 0 Å². The van der Waals surface area contributed by atoms with Gasteiger partial charge in [-0.2, -0.15) is 0 Å². The highest BCUT2D eigenvalue weighted by Gasteiger charge is 2.21. The molecule has 10 heteroatoms. The van der Waals surface area contributed by atoms with Gasteiger partial charge in [-0.05, 0) is 24.3 Å². The molecule has 9 nitrogen and oxygen atoms in total. The molecule has 0 aliphatic rings. The zero-order chi connectivity index (χ0) is 21.8. The van der Waals surface area contributed by atoms with Crippen molar-refractivity contribution in [3.63, 3.8) is 0 Å². The number of hydrogen-bond acceptors (Lipinski definition) is 8. The molecule has 1 amide bonds. The lowest BCUT2D eigenvalue weighted by Crippen LogP contribution is -2.15. The van der Waals surface area contributed by atoms with E-state index in [1.54, 1.807) is 24.7 Å². The van der Waals surface area contributed by atoms with Crippen molar-refractivity contribution in [1.29, 1.82) is 0 Å². The number of rotatable bonds is 7. The first-order valence-corrected chi connectivity index (χ1v) is 10.6. The highest BCUT2D eigenvalue weighted by molar-refractivity contribution is 7.99. The van der Waals surface area contributed by atoms with Crippen molar-refractivity contribution in [1.82, 2.24) is 24.9 Å². The first kappa shape index (κ1) is 20.9. The molecule has 0 saturated carbocycles. The summed E-state index contributed by atoms with van der Waals surface area (Å²) in [7, 11) is 0. The molecule has 0 aliphatic heterocycles. The van der Waals surface area contributed by atoms with Crippen LogP contribution in [0, 0.1) is 0 Å². The van der Waals surface area contributed by atoms with Gasteiger partial charge in [0.15, 0.2) is 11.0 Å². The quantitative estimate of drug-likeness (QED) is 0.431. The number of furan rings is 1. The fourth-order valence-electron chi connectivity index (χ4n) is 2.80. The van der Waals surface area contributed by atoms with Crippen molar-refractivity contribution in [2.45, 2.75) is 37.9 Å². The van der Waals surface area contributed by atoms with Gasteiger partial charge in [0, 0.05) is 29.4 Å². The molecule has 0 bridgehead atoms. The highest BCUT2D eigenvalue weighted by Crippen LogP contribution is 2.26. The van der Waals surface area contributed by atoms with E-state index in [1.807, 2.05) is 49.6 Å². The van der Waals surface area contributed by atoms with Crippen molar-refractivity contribution in [3.8, 4) is 11.4 Å². The zero-order valence-corrected chi connectivity index (χ0v) is 18.2. The minimum Gasteiger partial charge on any atom is -0.467 e. The molecule has 0 atom stereocenters. The predicted octanol–water partition coefficient (Wildman–Crippen LogP) is 4.00. The third-order valence-corrected chi connectivity index (χ3v) is 5.37. The van der Waals surface area contributed by atoms with Crippen LogP contribution < -0.4 is 5.32 Å². The van der Waals surface area contributed by atoms with Gasteiger partial charge in [-0.25, -0.2) is 0 Å². The van der Waals surface area contributed by atoms with E-state index < -0.39 is 0 Å². The van der Waals surface area contributed by atoms with Gasteiger partial charge in [0.05, 0.1) is 24.3 Å². The Labute approximate surface area is 183 Å². The summed E-state index contributed by atoms with van der Waals surface area (Å²) in [4.78, 5) is 16.6. The highest BCUT2D eigenvalue weighted by atomic mass is 32.2. The molecule has 1 N–H and O–H groups in total. The van der Waals surface area contributed by atoms with Gasteiger partial charge in [0.2, 0.25) is 11.8 Å². The van der Waals surface area contributed by atoms with Gasteiger partial charge in [0.25, 0.3) is 0 Å². The van der Waals surface area contributed by atoms with Crippen LogP contribution in [0.5, 0.6) is 0 Å². The van der Waals surface area contributed by atoms with Gasteiger partial charge in [-0.3, -0.25) is 19.7 Å². The average Bonchev–Trinajstić information content (AvgIpc) is 3.49. The van der Waals surface area contributed by atoms with E-state index in [4.69, 9.17) is 8.94 Å². The van der Waals surface area contributed by atoms with Gasteiger partial charge in [0.1, 0.15) is 5.76 Å². The van der Waals surface area contributed by atoms with Crippen LogP contribution in [-0.2, 0) is 16.8 Å². The summed E-state index contributed by atoms with van der Waals surface area (Å²) >= 11 is 1.28. The van der Waals surface area contributed by atoms with Gasteiger partial charge < -0.3 is 8.94 Å². The molecule has 0 unspecified atom stereocenters. The number of amides is 1. The second-order valence-corrected chi connectivity index (χ2v) is 8.82. The maximum absolute atomic E-state index is 12.4. The first-order valence-electron chi connectivity index (χ1n) is 9.66. The Hall–Kier alpha value is -3.40. The minimum absolute atomic E-state index is 0.134. The third kappa shape index (κ3) is 5.02. The molecule has 0 saturated heterocycles. The van der Waals surface area contributed by atoms with E-state index in [0.29, 0.717) is 23.4 Å². The van der Waals surface area contributed by atoms with Crippen LogP contribution in [0.25, 0.3) is 11.4 Å². The Bertz CT molecular complexity index is 1150. The second kappa shape index (κ2) is 8.76. The van der Waals surface area contributed by atoms with Gasteiger partial charge in [-0.1, -0.05) is 37.7 Å².